The van der Waals surface area contributed by atoms with Crippen molar-refractivity contribution in [3.8, 4) is 6.07 Å². The van der Waals surface area contributed by atoms with Crippen LogP contribution in [-0.4, -0.2) is 18.3 Å². The van der Waals surface area contributed by atoms with E-state index in [1.165, 1.54) is 12.8 Å². The maximum atomic E-state index is 9.43. The predicted octanol–water partition coefficient (Wildman–Crippen LogP) is 3.83. The van der Waals surface area contributed by atoms with Crippen molar-refractivity contribution < 1.29 is 0 Å². The minimum absolute atomic E-state index is 0.594. The molecule has 0 amide bonds. The van der Waals surface area contributed by atoms with E-state index >= 15 is 0 Å². The second kappa shape index (κ2) is 5.97. The van der Waals surface area contributed by atoms with Gasteiger partial charge in [-0.1, -0.05) is 19.1 Å². The van der Waals surface area contributed by atoms with Gasteiger partial charge in [0.1, 0.15) is 6.07 Å². The number of anilines is 1. The molecule has 1 aliphatic rings. The molecule has 0 atom stereocenters. The molecule has 0 heterocycles. The Hall–Kier alpha value is -1.40. The smallest absolute Gasteiger partial charge is 0.103 e. The highest BCUT2D eigenvalue weighted by atomic mass is 32.2. The van der Waals surface area contributed by atoms with Crippen LogP contribution >= 0.6 is 11.8 Å². The molecule has 0 aliphatic heterocycles. The maximum Gasteiger partial charge on any atom is 0.103 e. The Bertz CT molecular complexity index is 472. The monoisotopic (exact) mass is 258 g/mol. The molecule has 1 aromatic carbocycles. The van der Waals surface area contributed by atoms with Crippen molar-refractivity contribution in [3.63, 3.8) is 0 Å². The van der Waals surface area contributed by atoms with Crippen LogP contribution in [0, 0.1) is 11.3 Å². The molecule has 0 bridgehead atoms. The molecular weight excluding hydrogens is 240 g/mol. The van der Waals surface area contributed by atoms with Crippen LogP contribution in [0.3, 0.4) is 0 Å². The van der Waals surface area contributed by atoms with Crippen molar-refractivity contribution in [3.05, 3.63) is 36.4 Å². The third-order valence-corrected chi connectivity index (χ3v) is 3.98. The van der Waals surface area contributed by atoms with Gasteiger partial charge in [0, 0.05) is 17.5 Å². The topological polar surface area (TPSA) is 27.0 Å². The first-order valence-electron chi connectivity index (χ1n) is 6.35. The second-order valence-corrected chi connectivity index (χ2v) is 5.67. The molecule has 3 heteroatoms. The van der Waals surface area contributed by atoms with E-state index in [-0.39, 0.29) is 0 Å². The van der Waals surface area contributed by atoms with Crippen LogP contribution < -0.4 is 4.90 Å². The quantitative estimate of drug-likeness (QED) is 0.573. The summed E-state index contributed by atoms with van der Waals surface area (Å²) in [4.78, 5) is 3.40. The maximum absolute atomic E-state index is 9.43. The number of nitriles is 1. The fourth-order valence-electron chi connectivity index (χ4n) is 2.12. The van der Waals surface area contributed by atoms with Crippen LogP contribution in [0.4, 0.5) is 5.69 Å². The Morgan fingerprint density at radius 3 is 2.89 bits per heavy atom. The van der Waals surface area contributed by atoms with Crippen LogP contribution in [0.1, 0.15) is 25.3 Å². The largest absolute Gasteiger partial charge is 0.364 e. The average molecular weight is 258 g/mol. The second-order valence-electron chi connectivity index (χ2n) is 4.37. The van der Waals surface area contributed by atoms with Crippen molar-refractivity contribution in [2.45, 2.75) is 30.7 Å². The van der Waals surface area contributed by atoms with Gasteiger partial charge < -0.3 is 4.90 Å². The van der Waals surface area contributed by atoms with Gasteiger partial charge in [-0.25, -0.2) is 0 Å². The molecule has 0 aromatic heterocycles. The summed E-state index contributed by atoms with van der Waals surface area (Å²) in [6, 6.07) is 9.11. The molecule has 1 aromatic rings. The number of hydrogen-bond donors (Lipinski definition) is 0. The minimum atomic E-state index is 0.594. The van der Waals surface area contributed by atoms with Crippen molar-refractivity contribution >= 4 is 17.4 Å². The first kappa shape index (κ1) is 13.0. The summed E-state index contributed by atoms with van der Waals surface area (Å²) >= 11 is 1.73. The van der Waals surface area contributed by atoms with Crippen LogP contribution in [0.15, 0.2) is 35.7 Å². The molecular formula is C15H18N2S. The van der Waals surface area contributed by atoms with Crippen LogP contribution in [0.25, 0.3) is 0 Å². The number of thioether (sulfide) groups is 1. The standard InChI is InChI=1S/C15H18N2S/c1-3-10-17(12-8-9-12)14-6-5-7-15(18-4-2)13(14)11-16/h3,5-7,12H,1,4,8-10H2,2H3. The zero-order valence-corrected chi connectivity index (χ0v) is 11.5. The molecule has 18 heavy (non-hydrogen) atoms. The lowest BCUT2D eigenvalue weighted by molar-refractivity contribution is 0.857. The number of benzene rings is 1. The zero-order valence-electron chi connectivity index (χ0n) is 10.7. The SMILES string of the molecule is C=CCN(c1cccc(SCC)c1C#N)C1CC1. The van der Waals surface area contributed by atoms with Gasteiger partial charge in [0.05, 0.1) is 11.3 Å². The molecule has 0 N–H and O–H groups in total. The van der Waals surface area contributed by atoms with E-state index in [4.69, 9.17) is 0 Å². The molecule has 2 rings (SSSR count). The van der Waals surface area contributed by atoms with Gasteiger partial charge in [0.25, 0.3) is 0 Å². The summed E-state index contributed by atoms with van der Waals surface area (Å²) in [6.07, 6.45) is 4.37. The van der Waals surface area contributed by atoms with Gasteiger partial charge in [0.2, 0.25) is 0 Å². The number of nitrogens with zero attached hydrogens (tertiary/aromatic N) is 2. The summed E-state index contributed by atoms with van der Waals surface area (Å²) in [6.45, 7) is 6.75. The minimum Gasteiger partial charge on any atom is -0.364 e. The van der Waals surface area contributed by atoms with E-state index in [0.717, 1.165) is 28.4 Å². The highest BCUT2D eigenvalue weighted by Crippen LogP contribution is 2.36. The first-order chi connectivity index (χ1) is 8.81. The predicted molar refractivity (Wildman–Crippen MR) is 78.1 cm³/mol. The lowest BCUT2D eigenvalue weighted by atomic mass is 10.1. The lowest BCUT2D eigenvalue weighted by Crippen LogP contribution is -2.26. The zero-order chi connectivity index (χ0) is 13.0. The Kier molecular flexibility index (Phi) is 4.33. The van der Waals surface area contributed by atoms with Crippen molar-refractivity contribution in [1.82, 2.24) is 0 Å². The lowest BCUT2D eigenvalue weighted by Gasteiger charge is -2.25. The van der Waals surface area contributed by atoms with E-state index in [1.807, 2.05) is 18.2 Å². The Labute approximate surface area is 113 Å². The Morgan fingerprint density at radius 2 is 2.33 bits per heavy atom. The fourth-order valence-corrected chi connectivity index (χ4v) is 2.90. The summed E-state index contributed by atoms with van der Waals surface area (Å²) in [5.41, 5.74) is 1.89. The van der Waals surface area contributed by atoms with Gasteiger partial charge in [0.15, 0.2) is 0 Å². The fraction of sp³-hybridized carbons (Fsp3) is 0.400. The summed E-state index contributed by atoms with van der Waals surface area (Å²) in [5.74, 6) is 0.989. The summed E-state index contributed by atoms with van der Waals surface area (Å²) in [7, 11) is 0. The molecule has 1 aliphatic carbocycles. The molecule has 2 nitrogen and oxygen atoms in total. The van der Waals surface area contributed by atoms with Gasteiger partial charge in [-0.05, 0) is 30.7 Å². The third kappa shape index (κ3) is 2.70. The highest BCUT2D eigenvalue weighted by molar-refractivity contribution is 7.99. The van der Waals surface area contributed by atoms with E-state index in [1.54, 1.807) is 11.8 Å². The molecule has 0 saturated heterocycles. The average Bonchev–Trinajstić information content (AvgIpc) is 3.20. The first-order valence-corrected chi connectivity index (χ1v) is 7.33. The van der Waals surface area contributed by atoms with Crippen molar-refractivity contribution in [1.29, 1.82) is 5.26 Å². The molecule has 0 unspecified atom stereocenters. The molecule has 0 radical (unpaired) electrons. The number of hydrogen-bond acceptors (Lipinski definition) is 3. The van der Waals surface area contributed by atoms with Gasteiger partial charge in [-0.2, -0.15) is 5.26 Å². The molecule has 0 spiro atoms. The van der Waals surface area contributed by atoms with E-state index in [9.17, 15) is 5.26 Å². The van der Waals surface area contributed by atoms with E-state index in [2.05, 4.69) is 30.5 Å². The molecule has 1 saturated carbocycles. The van der Waals surface area contributed by atoms with Crippen LogP contribution in [-0.2, 0) is 0 Å². The van der Waals surface area contributed by atoms with Crippen LogP contribution in [0.5, 0.6) is 0 Å². The van der Waals surface area contributed by atoms with Crippen LogP contribution in [0.2, 0.25) is 0 Å². The summed E-state index contributed by atoms with van der Waals surface area (Å²) in [5, 5.41) is 9.43. The van der Waals surface area contributed by atoms with Gasteiger partial charge in [-0.3, -0.25) is 0 Å². The molecule has 1 fully saturated rings. The van der Waals surface area contributed by atoms with Crippen molar-refractivity contribution in [2.75, 3.05) is 17.2 Å². The third-order valence-electron chi connectivity index (χ3n) is 3.04. The van der Waals surface area contributed by atoms with Gasteiger partial charge >= 0.3 is 0 Å². The normalized spacial score (nSPS) is 14.0. The van der Waals surface area contributed by atoms with Crippen molar-refractivity contribution in [2.24, 2.45) is 0 Å². The number of rotatable bonds is 6. The Morgan fingerprint density at radius 1 is 1.56 bits per heavy atom. The van der Waals surface area contributed by atoms with E-state index in [0.29, 0.717) is 6.04 Å². The van der Waals surface area contributed by atoms with Gasteiger partial charge in [-0.15, -0.1) is 18.3 Å². The van der Waals surface area contributed by atoms with E-state index < -0.39 is 0 Å². The Balaban J connectivity index is 2.38. The summed E-state index contributed by atoms with van der Waals surface area (Å²) < 4.78 is 0. The molecule has 94 valence electrons. The highest BCUT2D eigenvalue weighted by Gasteiger charge is 2.30.